The molecule has 10 heavy (non-hydrogen) atoms. The highest BCUT2D eigenvalue weighted by Crippen LogP contribution is 2.26. The van der Waals surface area contributed by atoms with E-state index in [9.17, 15) is 4.39 Å². The zero-order chi connectivity index (χ0) is 7.72. The SMILES string of the molecule is [CH2]c1c(F)ccc(Cl)c1Cl. The van der Waals surface area contributed by atoms with Gasteiger partial charge in [-0.1, -0.05) is 23.2 Å². The molecule has 0 heterocycles. The van der Waals surface area contributed by atoms with Gasteiger partial charge in [-0.15, -0.1) is 0 Å². The quantitative estimate of drug-likeness (QED) is 0.534. The van der Waals surface area contributed by atoms with E-state index in [1.165, 1.54) is 12.1 Å². The van der Waals surface area contributed by atoms with Crippen LogP contribution in [0.25, 0.3) is 0 Å². The second-order valence-electron chi connectivity index (χ2n) is 1.82. The van der Waals surface area contributed by atoms with Crippen molar-refractivity contribution in [1.29, 1.82) is 0 Å². The Morgan fingerprint density at radius 3 is 2.40 bits per heavy atom. The second-order valence-corrected chi connectivity index (χ2v) is 2.61. The molecule has 0 nitrogen and oxygen atoms in total. The maximum absolute atomic E-state index is 12.6. The minimum Gasteiger partial charge on any atom is -0.207 e. The third-order valence-electron chi connectivity index (χ3n) is 1.14. The lowest BCUT2D eigenvalue weighted by atomic mass is 10.2. The van der Waals surface area contributed by atoms with Crippen LogP contribution in [-0.2, 0) is 0 Å². The van der Waals surface area contributed by atoms with Gasteiger partial charge in [-0.25, -0.2) is 4.39 Å². The lowest BCUT2D eigenvalue weighted by Gasteiger charge is -1.99. The molecule has 0 aliphatic carbocycles. The summed E-state index contributed by atoms with van der Waals surface area (Å²) in [5, 5.41) is 0.509. The van der Waals surface area contributed by atoms with Crippen molar-refractivity contribution in [3.05, 3.63) is 40.5 Å². The summed E-state index contributed by atoms with van der Waals surface area (Å²) >= 11 is 11.1. The van der Waals surface area contributed by atoms with E-state index in [1.54, 1.807) is 0 Å². The van der Waals surface area contributed by atoms with Gasteiger partial charge in [-0.2, -0.15) is 0 Å². The molecule has 0 aliphatic heterocycles. The van der Waals surface area contributed by atoms with E-state index in [4.69, 9.17) is 23.2 Å². The first-order valence-corrected chi connectivity index (χ1v) is 3.34. The van der Waals surface area contributed by atoms with E-state index in [0.29, 0.717) is 5.02 Å². The molecule has 3 heteroatoms. The molecule has 0 N–H and O–H groups in total. The van der Waals surface area contributed by atoms with Crippen molar-refractivity contribution < 1.29 is 4.39 Å². The molecule has 1 aromatic carbocycles. The molecule has 1 radical (unpaired) electrons. The average Bonchev–Trinajstić information content (AvgIpc) is 1.93. The summed E-state index contributed by atoms with van der Waals surface area (Å²) in [6, 6.07) is 2.63. The summed E-state index contributed by atoms with van der Waals surface area (Å²) in [6.45, 7) is 3.39. The fourth-order valence-corrected chi connectivity index (χ4v) is 0.899. The Kier molecular flexibility index (Phi) is 2.17. The summed E-state index contributed by atoms with van der Waals surface area (Å²) in [4.78, 5) is 0. The summed E-state index contributed by atoms with van der Waals surface area (Å²) in [5.74, 6) is -0.436. The van der Waals surface area contributed by atoms with Gasteiger partial charge in [0.25, 0.3) is 0 Å². The molecule has 1 aromatic rings. The van der Waals surface area contributed by atoms with Gasteiger partial charge in [0.05, 0.1) is 10.0 Å². The Bertz CT molecular complexity index is 231. The van der Waals surface area contributed by atoms with Crippen LogP contribution >= 0.6 is 23.2 Å². The van der Waals surface area contributed by atoms with Gasteiger partial charge in [0.2, 0.25) is 0 Å². The molecule has 0 saturated carbocycles. The Morgan fingerprint density at radius 1 is 1.30 bits per heavy atom. The predicted octanol–water partition coefficient (Wildman–Crippen LogP) is 3.31. The number of benzene rings is 1. The molecule has 53 valence electrons. The van der Waals surface area contributed by atoms with Crippen LogP contribution in [0.3, 0.4) is 0 Å². The van der Waals surface area contributed by atoms with Crippen molar-refractivity contribution in [1.82, 2.24) is 0 Å². The lowest BCUT2D eigenvalue weighted by molar-refractivity contribution is 0.623. The maximum Gasteiger partial charge on any atom is 0.128 e. The highest BCUT2D eigenvalue weighted by atomic mass is 35.5. The summed E-state index contributed by atoms with van der Waals surface area (Å²) in [7, 11) is 0. The Labute approximate surface area is 68.6 Å². The van der Waals surface area contributed by atoms with Crippen LogP contribution in [0, 0.1) is 12.7 Å². The topological polar surface area (TPSA) is 0 Å². The highest BCUT2D eigenvalue weighted by molar-refractivity contribution is 6.42. The van der Waals surface area contributed by atoms with E-state index in [-0.39, 0.29) is 10.6 Å². The number of halogens is 3. The molecule has 0 unspecified atom stereocenters. The minimum absolute atomic E-state index is 0.147. The first kappa shape index (κ1) is 7.83. The van der Waals surface area contributed by atoms with Crippen LogP contribution in [0.15, 0.2) is 12.1 Å². The normalized spacial score (nSPS) is 10.0. The van der Waals surface area contributed by atoms with Crippen LogP contribution in [0.1, 0.15) is 5.56 Å². The van der Waals surface area contributed by atoms with Gasteiger partial charge < -0.3 is 0 Å². The van der Waals surface area contributed by atoms with Gasteiger partial charge in [0.1, 0.15) is 5.82 Å². The Hall–Kier alpha value is -0.270. The summed E-state index contributed by atoms with van der Waals surface area (Å²) in [5.41, 5.74) is 0.147. The molecular formula is C7H4Cl2F. The van der Waals surface area contributed by atoms with Crippen molar-refractivity contribution >= 4 is 23.2 Å². The predicted molar refractivity (Wildman–Crippen MR) is 40.9 cm³/mol. The fraction of sp³-hybridized carbons (Fsp3) is 0. The average molecular weight is 178 g/mol. The second kappa shape index (κ2) is 2.77. The van der Waals surface area contributed by atoms with E-state index >= 15 is 0 Å². The van der Waals surface area contributed by atoms with Crippen molar-refractivity contribution in [3.8, 4) is 0 Å². The van der Waals surface area contributed by atoms with Gasteiger partial charge in [0.15, 0.2) is 0 Å². The molecular weight excluding hydrogens is 174 g/mol. The van der Waals surface area contributed by atoms with Crippen LogP contribution < -0.4 is 0 Å². The largest absolute Gasteiger partial charge is 0.207 e. The van der Waals surface area contributed by atoms with E-state index in [1.807, 2.05) is 0 Å². The smallest absolute Gasteiger partial charge is 0.128 e. The molecule has 0 saturated heterocycles. The highest BCUT2D eigenvalue weighted by Gasteiger charge is 2.04. The fourth-order valence-electron chi connectivity index (χ4n) is 0.569. The van der Waals surface area contributed by atoms with Crippen LogP contribution in [0.2, 0.25) is 10.0 Å². The van der Waals surface area contributed by atoms with Crippen molar-refractivity contribution in [2.24, 2.45) is 0 Å². The van der Waals surface area contributed by atoms with Crippen molar-refractivity contribution in [3.63, 3.8) is 0 Å². The van der Waals surface area contributed by atoms with Crippen molar-refractivity contribution in [2.45, 2.75) is 0 Å². The van der Waals surface area contributed by atoms with Crippen LogP contribution in [-0.4, -0.2) is 0 Å². The number of hydrogen-bond acceptors (Lipinski definition) is 0. The van der Waals surface area contributed by atoms with Gasteiger partial charge >= 0.3 is 0 Å². The first-order valence-electron chi connectivity index (χ1n) is 2.58. The third kappa shape index (κ3) is 1.25. The van der Waals surface area contributed by atoms with Gasteiger partial charge in [0, 0.05) is 5.56 Å². The molecule has 1 rings (SSSR count). The van der Waals surface area contributed by atoms with Gasteiger partial charge in [-0.3, -0.25) is 0 Å². The van der Waals surface area contributed by atoms with Crippen molar-refractivity contribution in [2.75, 3.05) is 0 Å². The zero-order valence-electron chi connectivity index (χ0n) is 5.00. The zero-order valence-corrected chi connectivity index (χ0v) is 6.51. The first-order chi connectivity index (χ1) is 4.63. The van der Waals surface area contributed by atoms with E-state index in [0.717, 1.165) is 0 Å². The monoisotopic (exact) mass is 177 g/mol. The number of rotatable bonds is 0. The Balaban J connectivity index is 3.34. The Morgan fingerprint density at radius 2 is 1.90 bits per heavy atom. The lowest BCUT2D eigenvalue weighted by Crippen LogP contribution is -1.82. The standard InChI is InChI=1S/C7H4Cl2F/c1-4-6(10)3-2-5(8)7(4)9/h2-3H,1H2. The summed E-state index contributed by atoms with van der Waals surface area (Å²) in [6.07, 6.45) is 0. The summed E-state index contributed by atoms with van der Waals surface area (Å²) < 4.78 is 12.6. The molecule has 0 aromatic heterocycles. The molecule has 0 amide bonds. The van der Waals surface area contributed by atoms with E-state index in [2.05, 4.69) is 6.92 Å². The minimum atomic E-state index is -0.436. The third-order valence-corrected chi connectivity index (χ3v) is 1.98. The van der Waals surface area contributed by atoms with Crippen LogP contribution in [0.4, 0.5) is 4.39 Å². The molecule has 0 atom stereocenters. The number of hydrogen-bond donors (Lipinski definition) is 0. The molecule has 0 spiro atoms. The van der Waals surface area contributed by atoms with Crippen LogP contribution in [0.5, 0.6) is 0 Å². The molecule has 0 aliphatic rings. The molecule has 0 fully saturated rings. The van der Waals surface area contributed by atoms with E-state index < -0.39 is 5.82 Å². The maximum atomic E-state index is 12.6. The van der Waals surface area contributed by atoms with Gasteiger partial charge in [-0.05, 0) is 19.1 Å². The molecule has 0 bridgehead atoms.